The standard InChI is InChI=1S/C18H11NO6S2/c20-13-4-2-1-3-9(13)8-14-15(21)19(18(26)27-14)12-6-10(16(22)23)5-11(7-12)17(24)25/h1-8,20H,(H,22,23)(H,24,25)/b14-8-. The number of carbonyl (C=O) groups excluding carboxylic acids is 1. The second-order valence-electron chi connectivity index (χ2n) is 5.45. The number of carbonyl (C=O) groups is 3. The molecule has 3 N–H and O–H groups in total. The maximum absolute atomic E-state index is 12.8. The lowest BCUT2D eigenvalue weighted by molar-refractivity contribution is -0.113. The summed E-state index contributed by atoms with van der Waals surface area (Å²) in [7, 11) is 0. The van der Waals surface area contributed by atoms with E-state index in [0.29, 0.717) is 5.56 Å². The number of benzene rings is 2. The highest BCUT2D eigenvalue weighted by atomic mass is 32.2. The van der Waals surface area contributed by atoms with E-state index in [0.717, 1.165) is 22.7 Å². The Morgan fingerprint density at radius 3 is 2.19 bits per heavy atom. The number of rotatable bonds is 4. The molecule has 0 aromatic heterocycles. The third-order valence-corrected chi connectivity index (χ3v) is 4.99. The predicted octanol–water partition coefficient (Wildman–Crippen LogP) is 3.19. The molecule has 1 amide bonds. The summed E-state index contributed by atoms with van der Waals surface area (Å²) in [6, 6.07) is 9.80. The number of phenols is 1. The number of carboxylic acid groups (broad SMARTS) is 2. The van der Waals surface area contributed by atoms with Crippen LogP contribution in [0.4, 0.5) is 5.69 Å². The molecular weight excluding hydrogens is 390 g/mol. The Morgan fingerprint density at radius 1 is 1.04 bits per heavy atom. The third kappa shape index (κ3) is 3.69. The molecule has 1 aliphatic rings. The summed E-state index contributed by atoms with van der Waals surface area (Å²) < 4.78 is 0.126. The summed E-state index contributed by atoms with van der Waals surface area (Å²) in [5.74, 6) is -3.19. The van der Waals surface area contributed by atoms with Crippen LogP contribution in [0.2, 0.25) is 0 Å². The molecule has 136 valence electrons. The van der Waals surface area contributed by atoms with Gasteiger partial charge in [0.1, 0.15) is 5.75 Å². The molecule has 0 spiro atoms. The highest BCUT2D eigenvalue weighted by Gasteiger charge is 2.34. The first kappa shape index (κ1) is 18.6. The lowest BCUT2D eigenvalue weighted by Crippen LogP contribution is -2.28. The number of thiocarbonyl (C=S) groups is 1. The van der Waals surface area contributed by atoms with E-state index in [9.17, 15) is 29.7 Å². The number of hydrogen-bond acceptors (Lipinski definition) is 6. The van der Waals surface area contributed by atoms with Gasteiger partial charge in [0.15, 0.2) is 4.32 Å². The van der Waals surface area contributed by atoms with Gasteiger partial charge in [0.2, 0.25) is 0 Å². The van der Waals surface area contributed by atoms with Gasteiger partial charge < -0.3 is 15.3 Å². The molecule has 9 heteroatoms. The van der Waals surface area contributed by atoms with Crippen molar-refractivity contribution in [3.63, 3.8) is 0 Å². The molecule has 7 nitrogen and oxygen atoms in total. The Kier molecular flexibility index (Phi) is 4.98. The zero-order valence-electron chi connectivity index (χ0n) is 13.4. The average Bonchev–Trinajstić information content (AvgIpc) is 2.90. The molecule has 0 radical (unpaired) electrons. The van der Waals surface area contributed by atoms with Gasteiger partial charge in [-0.05, 0) is 30.3 Å². The van der Waals surface area contributed by atoms with Crippen molar-refractivity contribution in [2.75, 3.05) is 4.90 Å². The Morgan fingerprint density at radius 2 is 1.63 bits per heavy atom. The molecule has 1 heterocycles. The highest BCUT2D eigenvalue weighted by Crippen LogP contribution is 2.37. The van der Waals surface area contributed by atoms with Crippen LogP contribution in [0, 0.1) is 0 Å². The summed E-state index contributed by atoms with van der Waals surface area (Å²) in [4.78, 5) is 36.6. The minimum Gasteiger partial charge on any atom is -0.507 e. The predicted molar refractivity (Wildman–Crippen MR) is 104 cm³/mol. The first-order chi connectivity index (χ1) is 12.8. The van der Waals surface area contributed by atoms with E-state index < -0.39 is 17.8 Å². The number of phenolic OH excluding ortho intramolecular Hbond substituents is 1. The van der Waals surface area contributed by atoms with Gasteiger partial charge in [-0.3, -0.25) is 9.69 Å². The van der Waals surface area contributed by atoms with Crippen LogP contribution in [0.25, 0.3) is 6.08 Å². The van der Waals surface area contributed by atoms with Gasteiger partial charge in [0.05, 0.1) is 21.7 Å². The Hall–Kier alpha value is -3.17. The SMILES string of the molecule is O=C(O)c1cc(C(=O)O)cc(N2C(=O)/C(=C/c3ccccc3O)SC2=S)c1. The van der Waals surface area contributed by atoms with E-state index in [1.165, 1.54) is 24.3 Å². The van der Waals surface area contributed by atoms with E-state index in [4.69, 9.17) is 12.2 Å². The zero-order valence-corrected chi connectivity index (χ0v) is 15.1. The topological polar surface area (TPSA) is 115 Å². The van der Waals surface area contributed by atoms with Crippen molar-refractivity contribution in [2.45, 2.75) is 0 Å². The van der Waals surface area contributed by atoms with Gasteiger partial charge >= 0.3 is 11.9 Å². The van der Waals surface area contributed by atoms with Crippen LogP contribution in [0.1, 0.15) is 26.3 Å². The first-order valence-corrected chi connectivity index (χ1v) is 8.68. The van der Waals surface area contributed by atoms with Crippen LogP contribution in [0.3, 0.4) is 0 Å². The van der Waals surface area contributed by atoms with E-state index in [2.05, 4.69) is 0 Å². The summed E-state index contributed by atoms with van der Waals surface area (Å²) in [5, 5.41) is 28.2. The van der Waals surface area contributed by atoms with Gasteiger partial charge in [-0.1, -0.05) is 42.2 Å². The first-order valence-electron chi connectivity index (χ1n) is 7.45. The number of para-hydroxylation sites is 1. The van der Waals surface area contributed by atoms with Crippen LogP contribution < -0.4 is 4.90 Å². The number of hydrogen-bond donors (Lipinski definition) is 3. The molecule has 0 aliphatic carbocycles. The molecule has 0 saturated carbocycles. The van der Waals surface area contributed by atoms with Gasteiger partial charge in [-0.2, -0.15) is 0 Å². The summed E-state index contributed by atoms with van der Waals surface area (Å²) in [5.41, 5.74) is -0.0775. The lowest BCUT2D eigenvalue weighted by atomic mass is 10.1. The molecule has 0 atom stereocenters. The van der Waals surface area contributed by atoms with Crippen molar-refractivity contribution in [3.8, 4) is 5.75 Å². The molecule has 3 rings (SSSR count). The van der Waals surface area contributed by atoms with Gasteiger partial charge in [0, 0.05) is 5.56 Å². The quantitative estimate of drug-likeness (QED) is 0.528. The van der Waals surface area contributed by atoms with Crippen molar-refractivity contribution in [1.29, 1.82) is 0 Å². The molecule has 1 fully saturated rings. The van der Waals surface area contributed by atoms with Crippen LogP contribution in [-0.2, 0) is 4.79 Å². The van der Waals surface area contributed by atoms with Crippen molar-refractivity contribution in [3.05, 3.63) is 64.1 Å². The zero-order chi connectivity index (χ0) is 19.7. The van der Waals surface area contributed by atoms with Crippen LogP contribution >= 0.6 is 24.0 Å². The maximum Gasteiger partial charge on any atom is 0.335 e. The van der Waals surface area contributed by atoms with Crippen LogP contribution in [0.5, 0.6) is 5.75 Å². The molecule has 1 aliphatic heterocycles. The van der Waals surface area contributed by atoms with Crippen molar-refractivity contribution in [2.24, 2.45) is 0 Å². The maximum atomic E-state index is 12.8. The minimum atomic E-state index is -1.32. The van der Waals surface area contributed by atoms with Crippen LogP contribution in [-0.4, -0.2) is 37.5 Å². The summed E-state index contributed by atoms with van der Waals surface area (Å²) in [6.45, 7) is 0. The summed E-state index contributed by atoms with van der Waals surface area (Å²) in [6.07, 6.45) is 1.47. The van der Waals surface area contributed by atoms with E-state index in [1.54, 1.807) is 18.2 Å². The molecule has 2 aromatic rings. The monoisotopic (exact) mass is 401 g/mol. The van der Waals surface area contributed by atoms with E-state index >= 15 is 0 Å². The normalized spacial score (nSPS) is 15.4. The third-order valence-electron chi connectivity index (χ3n) is 3.69. The molecule has 27 heavy (non-hydrogen) atoms. The smallest absolute Gasteiger partial charge is 0.335 e. The number of amides is 1. The number of anilines is 1. The second kappa shape index (κ2) is 7.22. The molecule has 0 bridgehead atoms. The number of thioether (sulfide) groups is 1. The van der Waals surface area contributed by atoms with Crippen molar-refractivity contribution in [1.82, 2.24) is 0 Å². The van der Waals surface area contributed by atoms with Gasteiger partial charge in [0.25, 0.3) is 5.91 Å². The van der Waals surface area contributed by atoms with Crippen molar-refractivity contribution < 1.29 is 29.7 Å². The van der Waals surface area contributed by atoms with E-state index in [-0.39, 0.29) is 31.8 Å². The fourth-order valence-electron chi connectivity index (χ4n) is 2.43. The molecule has 0 unspecified atom stereocenters. The number of aromatic carboxylic acids is 2. The molecule has 2 aromatic carbocycles. The highest BCUT2D eigenvalue weighted by molar-refractivity contribution is 8.27. The van der Waals surface area contributed by atoms with Crippen LogP contribution in [0.15, 0.2) is 47.4 Å². The van der Waals surface area contributed by atoms with Gasteiger partial charge in [-0.15, -0.1) is 0 Å². The largest absolute Gasteiger partial charge is 0.507 e. The fraction of sp³-hybridized carbons (Fsp3) is 0. The minimum absolute atomic E-state index is 0.0104. The average molecular weight is 401 g/mol. The summed E-state index contributed by atoms with van der Waals surface area (Å²) >= 11 is 6.19. The van der Waals surface area contributed by atoms with E-state index in [1.807, 2.05) is 0 Å². The Balaban J connectivity index is 2.04. The van der Waals surface area contributed by atoms with Gasteiger partial charge in [-0.25, -0.2) is 9.59 Å². The lowest BCUT2D eigenvalue weighted by Gasteiger charge is -2.16. The molecule has 1 saturated heterocycles. The Labute approximate surface area is 162 Å². The number of nitrogens with zero attached hydrogens (tertiary/aromatic N) is 1. The number of carboxylic acids is 2. The Bertz CT molecular complexity index is 998. The molecular formula is C18H11NO6S2. The second-order valence-corrected chi connectivity index (χ2v) is 7.13. The fourth-order valence-corrected chi connectivity index (χ4v) is 3.72. The van der Waals surface area contributed by atoms with Crippen molar-refractivity contribution >= 4 is 57.9 Å². The number of aromatic hydroxyl groups is 1.